The Balaban J connectivity index is 1.54. The summed E-state index contributed by atoms with van der Waals surface area (Å²) in [4.78, 5) is 40.6. The Morgan fingerprint density at radius 1 is 1.21 bits per heavy atom. The summed E-state index contributed by atoms with van der Waals surface area (Å²) in [5.74, 6) is 0.701. The number of piperidine rings is 1. The Hall–Kier alpha value is -2.58. The lowest BCUT2D eigenvalue weighted by Gasteiger charge is -2.32. The normalized spacial score (nSPS) is 15.0. The van der Waals surface area contributed by atoms with E-state index in [0.717, 1.165) is 0 Å². The van der Waals surface area contributed by atoms with Crippen LogP contribution in [0.25, 0.3) is 11.4 Å². The van der Waals surface area contributed by atoms with Crippen LogP contribution in [0.4, 0.5) is 5.95 Å². The van der Waals surface area contributed by atoms with E-state index >= 15 is 0 Å². The molecule has 0 spiro atoms. The molecule has 0 bridgehead atoms. The molecule has 0 aromatic carbocycles. The molecule has 4 rings (SSSR count). The van der Waals surface area contributed by atoms with Gasteiger partial charge in [0.1, 0.15) is 6.33 Å². The van der Waals surface area contributed by atoms with Crippen molar-refractivity contribution in [2.24, 2.45) is 13.0 Å². The molecule has 0 atom stereocenters. The molecule has 0 N–H and O–H groups in total. The first kappa shape index (κ1) is 18.8. The third-order valence-corrected chi connectivity index (χ3v) is 6.17. The zero-order valence-corrected chi connectivity index (χ0v) is 16.8. The van der Waals surface area contributed by atoms with Crippen LogP contribution in [0.2, 0.25) is 4.34 Å². The predicted octanol–water partition coefficient (Wildman–Crippen LogP) is 3.05. The quantitative estimate of drug-likeness (QED) is 0.609. The highest BCUT2D eigenvalue weighted by Crippen LogP contribution is 2.29. The summed E-state index contributed by atoms with van der Waals surface area (Å²) in [6.45, 7) is 1.31. The lowest BCUT2D eigenvalue weighted by atomic mass is 9.92. The first-order chi connectivity index (χ1) is 13.5. The maximum atomic E-state index is 12.7. The molecule has 0 aliphatic carbocycles. The minimum atomic E-state index is -0.148. The van der Waals surface area contributed by atoms with Gasteiger partial charge in [0.15, 0.2) is 5.78 Å². The van der Waals surface area contributed by atoms with Gasteiger partial charge >= 0.3 is 0 Å². The second kappa shape index (κ2) is 7.81. The number of hydrogen-bond acceptors (Lipinski definition) is 7. The van der Waals surface area contributed by atoms with E-state index < -0.39 is 0 Å². The van der Waals surface area contributed by atoms with E-state index in [2.05, 4.69) is 19.9 Å². The zero-order chi connectivity index (χ0) is 19.7. The molecule has 144 valence electrons. The number of aromatic nitrogens is 4. The number of thiophene rings is 1. The van der Waals surface area contributed by atoms with Crippen LogP contribution in [0.3, 0.4) is 0 Å². The highest BCUT2D eigenvalue weighted by atomic mass is 35.5. The lowest BCUT2D eigenvalue weighted by Crippen LogP contribution is -2.39. The molecular weight excluding hydrogens is 398 g/mol. The fourth-order valence-corrected chi connectivity index (χ4v) is 4.44. The molecule has 1 saturated heterocycles. The van der Waals surface area contributed by atoms with Crippen molar-refractivity contribution in [3.05, 3.63) is 56.4 Å². The minimum Gasteiger partial charge on any atom is -0.342 e. The Morgan fingerprint density at radius 3 is 2.64 bits per heavy atom. The number of ketones is 1. The van der Waals surface area contributed by atoms with E-state index in [4.69, 9.17) is 11.6 Å². The predicted molar refractivity (Wildman–Crippen MR) is 109 cm³/mol. The Morgan fingerprint density at radius 2 is 2.00 bits per heavy atom. The average molecular weight is 416 g/mol. The number of carbonyl (C=O) groups is 1. The molecule has 0 radical (unpaired) electrons. The van der Waals surface area contributed by atoms with Crippen molar-refractivity contribution in [3.63, 3.8) is 0 Å². The van der Waals surface area contributed by atoms with Crippen LogP contribution in [0.15, 0.2) is 41.6 Å². The molecule has 9 heteroatoms. The summed E-state index contributed by atoms with van der Waals surface area (Å²) in [7, 11) is 1.71. The molecule has 0 saturated carbocycles. The van der Waals surface area contributed by atoms with Gasteiger partial charge in [-0.25, -0.2) is 15.0 Å². The smallest absolute Gasteiger partial charge is 0.255 e. The van der Waals surface area contributed by atoms with Crippen LogP contribution < -0.4 is 10.5 Å². The van der Waals surface area contributed by atoms with Crippen molar-refractivity contribution in [2.75, 3.05) is 18.0 Å². The summed E-state index contributed by atoms with van der Waals surface area (Å²) in [6, 6.07) is 6.75. The maximum absolute atomic E-state index is 12.7. The largest absolute Gasteiger partial charge is 0.342 e. The number of nitrogens with zero attached hydrogens (tertiary/aromatic N) is 5. The Bertz CT molecular complexity index is 1060. The molecule has 0 unspecified atom stereocenters. The van der Waals surface area contributed by atoms with Crippen LogP contribution >= 0.6 is 22.9 Å². The Labute approximate surface area is 170 Å². The number of Topliss-reactive ketones (excluding diaryl/α,β-unsaturated/α-hetero) is 1. The first-order valence-corrected chi connectivity index (χ1v) is 10.1. The zero-order valence-electron chi connectivity index (χ0n) is 15.2. The van der Waals surface area contributed by atoms with E-state index in [9.17, 15) is 9.59 Å². The molecule has 1 aliphatic rings. The summed E-state index contributed by atoms with van der Waals surface area (Å²) in [6.07, 6.45) is 4.47. The van der Waals surface area contributed by atoms with Gasteiger partial charge < -0.3 is 4.90 Å². The number of rotatable bonds is 4. The molecule has 7 nitrogen and oxygen atoms in total. The van der Waals surface area contributed by atoms with Crippen LogP contribution in [0.1, 0.15) is 22.5 Å². The van der Waals surface area contributed by atoms with E-state index in [-0.39, 0.29) is 17.3 Å². The van der Waals surface area contributed by atoms with Crippen molar-refractivity contribution >= 4 is 34.7 Å². The van der Waals surface area contributed by atoms with E-state index in [0.29, 0.717) is 52.5 Å². The second-order valence-corrected chi connectivity index (χ2v) is 8.38. The van der Waals surface area contributed by atoms with Gasteiger partial charge in [0, 0.05) is 38.3 Å². The van der Waals surface area contributed by atoms with Crippen molar-refractivity contribution in [1.82, 2.24) is 19.5 Å². The topological polar surface area (TPSA) is 81.0 Å². The third-order valence-electron chi connectivity index (χ3n) is 4.92. The van der Waals surface area contributed by atoms with E-state index in [1.807, 2.05) is 0 Å². The second-order valence-electron chi connectivity index (χ2n) is 6.66. The van der Waals surface area contributed by atoms with Gasteiger partial charge in [-0.1, -0.05) is 11.6 Å². The standard InChI is InChI=1S/C19H18ClN5O2S/c1-24-17(26)10-14(13-4-7-21-11-22-13)23-19(24)25-8-5-12(6-9-25)18(27)15-2-3-16(20)28-15/h2-4,7,10-12H,5-6,8-9H2,1H3. The average Bonchev–Trinajstić information content (AvgIpc) is 3.16. The molecule has 4 heterocycles. The number of carbonyl (C=O) groups excluding carboxylic acids is 1. The summed E-state index contributed by atoms with van der Waals surface area (Å²) in [5.41, 5.74) is 0.977. The number of halogens is 1. The Kier molecular flexibility index (Phi) is 5.23. The monoisotopic (exact) mass is 415 g/mol. The third kappa shape index (κ3) is 3.70. The fourth-order valence-electron chi connectivity index (χ4n) is 3.37. The molecule has 28 heavy (non-hydrogen) atoms. The van der Waals surface area contributed by atoms with Crippen molar-refractivity contribution in [1.29, 1.82) is 0 Å². The van der Waals surface area contributed by atoms with Gasteiger partial charge in [-0.2, -0.15) is 0 Å². The molecule has 3 aromatic rings. The summed E-state index contributed by atoms with van der Waals surface area (Å²) < 4.78 is 2.16. The van der Waals surface area contributed by atoms with Crippen molar-refractivity contribution in [2.45, 2.75) is 12.8 Å². The first-order valence-electron chi connectivity index (χ1n) is 8.92. The molecule has 3 aromatic heterocycles. The molecular formula is C19H18ClN5O2S. The summed E-state index contributed by atoms with van der Waals surface area (Å²) in [5, 5.41) is 0. The fraction of sp³-hybridized carbons (Fsp3) is 0.316. The van der Waals surface area contributed by atoms with Crippen LogP contribution in [0, 0.1) is 5.92 Å². The van der Waals surface area contributed by atoms with Crippen LogP contribution in [-0.2, 0) is 7.05 Å². The number of hydrogen-bond donors (Lipinski definition) is 0. The highest BCUT2D eigenvalue weighted by Gasteiger charge is 2.28. The summed E-state index contributed by atoms with van der Waals surface area (Å²) >= 11 is 7.28. The van der Waals surface area contributed by atoms with Crippen LogP contribution in [0.5, 0.6) is 0 Å². The van der Waals surface area contributed by atoms with Gasteiger partial charge in [0.2, 0.25) is 5.95 Å². The molecule has 0 amide bonds. The van der Waals surface area contributed by atoms with Gasteiger partial charge in [-0.05, 0) is 31.0 Å². The van der Waals surface area contributed by atoms with Crippen LogP contribution in [-0.4, -0.2) is 38.4 Å². The molecule has 1 fully saturated rings. The van der Waals surface area contributed by atoms with Crippen molar-refractivity contribution < 1.29 is 4.79 Å². The SMILES string of the molecule is Cn1c(N2CCC(C(=O)c3ccc(Cl)s3)CC2)nc(-c2ccncn2)cc1=O. The van der Waals surface area contributed by atoms with Gasteiger partial charge in [0.25, 0.3) is 5.56 Å². The van der Waals surface area contributed by atoms with Crippen molar-refractivity contribution in [3.8, 4) is 11.4 Å². The lowest BCUT2D eigenvalue weighted by molar-refractivity contribution is 0.0904. The van der Waals surface area contributed by atoms with Gasteiger partial charge in [-0.15, -0.1) is 11.3 Å². The minimum absolute atomic E-state index is 0.0342. The highest BCUT2D eigenvalue weighted by molar-refractivity contribution is 7.18. The molecule has 1 aliphatic heterocycles. The van der Waals surface area contributed by atoms with Gasteiger partial charge in [-0.3, -0.25) is 14.2 Å². The van der Waals surface area contributed by atoms with E-state index in [1.54, 1.807) is 31.4 Å². The van der Waals surface area contributed by atoms with Gasteiger partial charge in [0.05, 0.1) is 20.6 Å². The maximum Gasteiger partial charge on any atom is 0.255 e. The number of anilines is 1. The van der Waals surface area contributed by atoms with E-state index in [1.165, 1.54) is 28.3 Å².